The lowest BCUT2D eigenvalue weighted by Gasteiger charge is -2.25. The largest absolute Gasteiger partial charge is 0.481 e. The SMILES string of the molecule is CCC1(C(O)CCC[C@@H]2[C@@H](CCCCCCC(=O)O)[C@H](Cl)C[C@H]2O)CC1. The van der Waals surface area contributed by atoms with E-state index in [1.54, 1.807) is 0 Å². The Hall–Kier alpha value is -0.320. The summed E-state index contributed by atoms with van der Waals surface area (Å²) in [6.45, 7) is 2.17. The van der Waals surface area contributed by atoms with E-state index in [1.807, 2.05) is 0 Å². The third-order valence-electron chi connectivity index (χ3n) is 6.97. The standard InChI is InChI=1S/C21H37ClO4/c1-2-21(12-13-21)19(24)10-7-9-16-15(17(22)14-18(16)23)8-5-3-4-6-11-20(25)26/h15-19,23-24H,2-14H2,1H3,(H,25,26)/t15-,16-,17-,18-,19?/m1/s1. The van der Waals surface area contributed by atoms with Crippen molar-refractivity contribution in [2.24, 2.45) is 17.3 Å². The van der Waals surface area contributed by atoms with Crippen molar-refractivity contribution < 1.29 is 20.1 Å². The fraction of sp³-hybridized carbons (Fsp3) is 0.952. The first kappa shape index (κ1) is 22.0. The van der Waals surface area contributed by atoms with Gasteiger partial charge in [-0.25, -0.2) is 0 Å². The lowest BCUT2D eigenvalue weighted by Crippen LogP contribution is -2.24. The Morgan fingerprint density at radius 1 is 1.12 bits per heavy atom. The van der Waals surface area contributed by atoms with Crippen molar-refractivity contribution in [3.8, 4) is 0 Å². The van der Waals surface area contributed by atoms with Crippen molar-refractivity contribution in [3.05, 3.63) is 0 Å². The highest BCUT2D eigenvalue weighted by Gasteiger charge is 2.47. The predicted molar refractivity (Wildman–Crippen MR) is 104 cm³/mol. The van der Waals surface area contributed by atoms with Crippen LogP contribution in [0.4, 0.5) is 0 Å². The molecule has 0 spiro atoms. The molecular weight excluding hydrogens is 352 g/mol. The van der Waals surface area contributed by atoms with Crippen LogP contribution in [0.25, 0.3) is 0 Å². The molecule has 5 atom stereocenters. The Morgan fingerprint density at radius 2 is 1.77 bits per heavy atom. The smallest absolute Gasteiger partial charge is 0.303 e. The Kier molecular flexibility index (Phi) is 8.69. The second kappa shape index (κ2) is 10.3. The minimum Gasteiger partial charge on any atom is -0.481 e. The highest BCUT2D eigenvalue weighted by Crippen LogP contribution is 2.53. The topological polar surface area (TPSA) is 77.8 Å². The molecule has 0 amide bonds. The van der Waals surface area contributed by atoms with Crippen molar-refractivity contribution in [3.63, 3.8) is 0 Å². The fourth-order valence-corrected chi connectivity index (χ4v) is 5.38. The monoisotopic (exact) mass is 388 g/mol. The lowest BCUT2D eigenvalue weighted by atomic mass is 9.84. The zero-order valence-electron chi connectivity index (χ0n) is 16.2. The molecule has 2 saturated carbocycles. The van der Waals surface area contributed by atoms with Gasteiger partial charge in [-0.2, -0.15) is 0 Å². The maximum absolute atomic E-state index is 10.5. The molecule has 3 N–H and O–H groups in total. The maximum atomic E-state index is 10.5. The van der Waals surface area contributed by atoms with Gasteiger partial charge in [0.05, 0.1) is 12.2 Å². The first-order chi connectivity index (χ1) is 12.4. The maximum Gasteiger partial charge on any atom is 0.303 e. The van der Waals surface area contributed by atoms with Gasteiger partial charge in [0, 0.05) is 11.8 Å². The van der Waals surface area contributed by atoms with Crippen molar-refractivity contribution >= 4 is 17.6 Å². The Bertz CT molecular complexity index is 438. The Morgan fingerprint density at radius 3 is 2.38 bits per heavy atom. The molecule has 2 aliphatic rings. The zero-order chi connectivity index (χ0) is 19.2. The molecule has 2 aliphatic carbocycles. The van der Waals surface area contributed by atoms with E-state index in [0.29, 0.717) is 12.3 Å². The number of hydrogen-bond acceptors (Lipinski definition) is 3. The number of alkyl halides is 1. The molecule has 0 saturated heterocycles. The van der Waals surface area contributed by atoms with Gasteiger partial charge in [-0.3, -0.25) is 4.79 Å². The predicted octanol–water partition coefficient (Wildman–Crippen LogP) is 4.74. The number of carboxylic acids is 1. The number of carboxylic acid groups (broad SMARTS) is 1. The van der Waals surface area contributed by atoms with Gasteiger partial charge in [0.25, 0.3) is 0 Å². The summed E-state index contributed by atoms with van der Waals surface area (Å²) in [7, 11) is 0. The van der Waals surface area contributed by atoms with Gasteiger partial charge in [0.15, 0.2) is 0 Å². The van der Waals surface area contributed by atoms with E-state index in [-0.39, 0.29) is 35.3 Å². The highest BCUT2D eigenvalue weighted by atomic mass is 35.5. The summed E-state index contributed by atoms with van der Waals surface area (Å²) in [6, 6.07) is 0. The molecule has 26 heavy (non-hydrogen) atoms. The third-order valence-corrected chi connectivity index (χ3v) is 7.47. The molecule has 5 heteroatoms. The van der Waals surface area contributed by atoms with Crippen LogP contribution in [-0.4, -0.2) is 38.9 Å². The summed E-state index contributed by atoms with van der Waals surface area (Å²) in [5.74, 6) is -0.118. The number of aliphatic hydroxyl groups excluding tert-OH is 2. The molecule has 2 rings (SSSR count). The van der Waals surface area contributed by atoms with E-state index in [0.717, 1.165) is 70.6 Å². The molecule has 2 fully saturated rings. The van der Waals surface area contributed by atoms with E-state index >= 15 is 0 Å². The van der Waals surface area contributed by atoms with E-state index in [9.17, 15) is 15.0 Å². The van der Waals surface area contributed by atoms with Crippen LogP contribution in [-0.2, 0) is 4.79 Å². The molecule has 0 aromatic heterocycles. The van der Waals surface area contributed by atoms with Crippen molar-refractivity contribution in [1.82, 2.24) is 0 Å². The minimum atomic E-state index is -0.719. The van der Waals surface area contributed by atoms with E-state index in [4.69, 9.17) is 16.7 Å². The summed E-state index contributed by atoms with van der Waals surface area (Å²) in [5, 5.41) is 29.5. The van der Waals surface area contributed by atoms with Crippen LogP contribution >= 0.6 is 11.6 Å². The summed E-state index contributed by atoms with van der Waals surface area (Å²) < 4.78 is 0. The number of hydrogen-bond donors (Lipinski definition) is 3. The van der Waals surface area contributed by atoms with Gasteiger partial charge in [0.2, 0.25) is 0 Å². The van der Waals surface area contributed by atoms with E-state index in [2.05, 4.69) is 6.92 Å². The molecule has 4 nitrogen and oxygen atoms in total. The third kappa shape index (κ3) is 6.10. The highest BCUT2D eigenvalue weighted by molar-refractivity contribution is 6.21. The first-order valence-corrected chi connectivity index (χ1v) is 11.1. The summed E-state index contributed by atoms with van der Waals surface area (Å²) in [4.78, 5) is 10.5. The summed E-state index contributed by atoms with van der Waals surface area (Å²) >= 11 is 6.51. The average Bonchev–Trinajstić information content (AvgIpc) is 3.34. The average molecular weight is 389 g/mol. The van der Waals surface area contributed by atoms with Crippen LogP contribution in [0.15, 0.2) is 0 Å². The molecular formula is C21H37ClO4. The number of halogens is 1. The van der Waals surface area contributed by atoms with Crippen LogP contribution in [0.2, 0.25) is 0 Å². The normalized spacial score (nSPS) is 31.1. The number of carbonyl (C=O) groups is 1. The van der Waals surface area contributed by atoms with Crippen molar-refractivity contribution in [2.45, 2.75) is 108 Å². The molecule has 0 heterocycles. The van der Waals surface area contributed by atoms with Gasteiger partial charge in [-0.1, -0.05) is 32.6 Å². The fourth-order valence-electron chi connectivity index (χ4n) is 4.88. The van der Waals surface area contributed by atoms with Crippen LogP contribution in [0.5, 0.6) is 0 Å². The van der Waals surface area contributed by atoms with Crippen molar-refractivity contribution in [2.75, 3.05) is 0 Å². The van der Waals surface area contributed by atoms with Crippen molar-refractivity contribution in [1.29, 1.82) is 0 Å². The molecule has 0 aromatic carbocycles. The summed E-state index contributed by atoms with van der Waals surface area (Å²) in [6.07, 6.45) is 11.4. The van der Waals surface area contributed by atoms with E-state index in [1.165, 1.54) is 0 Å². The Labute approximate surface area is 163 Å². The van der Waals surface area contributed by atoms with Gasteiger partial charge < -0.3 is 15.3 Å². The molecule has 0 aliphatic heterocycles. The van der Waals surface area contributed by atoms with Gasteiger partial charge in [0.1, 0.15) is 0 Å². The van der Waals surface area contributed by atoms with Gasteiger partial charge in [-0.15, -0.1) is 11.6 Å². The minimum absolute atomic E-state index is 0.0457. The van der Waals surface area contributed by atoms with Gasteiger partial charge >= 0.3 is 5.97 Å². The quantitative estimate of drug-likeness (QED) is 0.314. The summed E-state index contributed by atoms with van der Waals surface area (Å²) in [5.41, 5.74) is 0.193. The number of unbranched alkanes of at least 4 members (excludes halogenated alkanes) is 3. The van der Waals surface area contributed by atoms with Crippen LogP contribution in [0.3, 0.4) is 0 Å². The lowest BCUT2D eigenvalue weighted by molar-refractivity contribution is -0.137. The van der Waals surface area contributed by atoms with Crippen LogP contribution < -0.4 is 0 Å². The second-order valence-electron chi connectivity index (χ2n) is 8.66. The molecule has 0 radical (unpaired) electrons. The molecule has 0 aromatic rings. The Balaban J connectivity index is 1.68. The number of aliphatic hydroxyl groups is 2. The van der Waals surface area contributed by atoms with Gasteiger partial charge in [-0.05, 0) is 68.6 Å². The first-order valence-electron chi connectivity index (χ1n) is 10.6. The molecule has 0 bridgehead atoms. The zero-order valence-corrected chi connectivity index (χ0v) is 17.0. The molecule has 152 valence electrons. The second-order valence-corrected chi connectivity index (χ2v) is 9.22. The van der Waals surface area contributed by atoms with Crippen LogP contribution in [0.1, 0.15) is 90.4 Å². The van der Waals surface area contributed by atoms with Crippen LogP contribution in [0, 0.1) is 17.3 Å². The number of aliphatic carboxylic acids is 1. The number of rotatable bonds is 13. The molecule has 1 unspecified atom stereocenters. The van der Waals surface area contributed by atoms with E-state index < -0.39 is 5.97 Å².